The molecule has 0 heterocycles. The van der Waals surface area contributed by atoms with Crippen LogP contribution >= 0.6 is 0 Å². The Bertz CT molecular complexity index is 1030. The summed E-state index contributed by atoms with van der Waals surface area (Å²) in [6.45, 7) is 1.61. The van der Waals surface area contributed by atoms with E-state index in [9.17, 15) is 30.0 Å². The van der Waals surface area contributed by atoms with E-state index in [1.165, 1.54) is 31.3 Å². The molecule has 0 saturated carbocycles. The zero-order valence-electron chi connectivity index (χ0n) is 15.1. The van der Waals surface area contributed by atoms with Crippen LogP contribution in [0.15, 0.2) is 58.3 Å². The maximum Gasteiger partial charge on any atom is 0.573 e. The van der Waals surface area contributed by atoms with Crippen molar-refractivity contribution in [2.75, 3.05) is 13.3 Å². The molecule has 11 heteroatoms. The van der Waals surface area contributed by atoms with Gasteiger partial charge in [-0.15, -0.1) is 13.2 Å². The van der Waals surface area contributed by atoms with Gasteiger partial charge >= 0.3 is 6.36 Å². The summed E-state index contributed by atoms with van der Waals surface area (Å²) in [6, 6.07) is 9.00. The normalized spacial score (nSPS) is 14.1. The smallest absolute Gasteiger partial charge is 0.406 e. The van der Waals surface area contributed by atoms with E-state index in [4.69, 9.17) is 0 Å². The number of benzene rings is 2. The van der Waals surface area contributed by atoms with Crippen LogP contribution in [0.25, 0.3) is 0 Å². The number of ether oxygens (including phenoxy) is 1. The first kappa shape index (κ1) is 22.2. The average molecular weight is 437 g/mol. The topological polar surface area (TPSA) is 80.8 Å². The molecule has 28 heavy (non-hydrogen) atoms. The van der Waals surface area contributed by atoms with Crippen LogP contribution in [0, 0.1) is 0 Å². The lowest BCUT2D eigenvalue weighted by atomic mass is 10.1. The van der Waals surface area contributed by atoms with E-state index in [-0.39, 0.29) is 9.79 Å². The third-order valence-corrected chi connectivity index (χ3v) is 7.14. The van der Waals surface area contributed by atoms with Gasteiger partial charge in [0.2, 0.25) is 10.0 Å². The van der Waals surface area contributed by atoms with Crippen molar-refractivity contribution in [2.45, 2.75) is 29.1 Å². The van der Waals surface area contributed by atoms with Gasteiger partial charge < -0.3 is 4.74 Å². The summed E-state index contributed by atoms with van der Waals surface area (Å²) < 4.78 is 89.9. The SMILES string of the molecule is C[C@H](c1ccc(S(C)(=O)=O)cc1)N(C)S(=O)(=O)c1ccc(OC(F)(F)F)cc1. The zero-order valence-corrected chi connectivity index (χ0v) is 16.8. The fourth-order valence-corrected chi connectivity index (χ4v) is 4.37. The summed E-state index contributed by atoms with van der Waals surface area (Å²) in [5.41, 5.74) is 0.551. The summed E-state index contributed by atoms with van der Waals surface area (Å²) >= 11 is 0. The van der Waals surface area contributed by atoms with E-state index in [0.29, 0.717) is 5.56 Å². The Kier molecular flexibility index (Phi) is 6.12. The Morgan fingerprint density at radius 2 is 1.36 bits per heavy atom. The molecule has 0 saturated heterocycles. The first-order valence-electron chi connectivity index (χ1n) is 7.86. The van der Waals surface area contributed by atoms with Crippen molar-refractivity contribution in [3.63, 3.8) is 0 Å². The van der Waals surface area contributed by atoms with Crippen molar-refractivity contribution in [1.29, 1.82) is 0 Å². The van der Waals surface area contributed by atoms with Crippen LogP contribution in [0.5, 0.6) is 5.75 Å². The molecule has 2 rings (SSSR count). The molecule has 0 N–H and O–H groups in total. The van der Waals surface area contributed by atoms with Crippen molar-refractivity contribution in [1.82, 2.24) is 4.31 Å². The monoisotopic (exact) mass is 437 g/mol. The molecule has 2 aromatic carbocycles. The minimum atomic E-state index is -4.87. The van der Waals surface area contributed by atoms with E-state index in [1.54, 1.807) is 6.92 Å². The van der Waals surface area contributed by atoms with Crippen LogP contribution < -0.4 is 4.74 Å². The summed E-state index contributed by atoms with van der Waals surface area (Å²) in [5.74, 6) is -0.529. The summed E-state index contributed by atoms with van der Waals surface area (Å²) in [4.78, 5) is -0.0988. The lowest BCUT2D eigenvalue weighted by Gasteiger charge is -2.25. The molecule has 0 aliphatic rings. The highest BCUT2D eigenvalue weighted by Gasteiger charge is 2.31. The summed E-state index contributed by atoms with van der Waals surface area (Å²) in [6.07, 6.45) is -3.81. The molecule has 0 unspecified atom stereocenters. The number of sulfone groups is 1. The van der Waals surface area contributed by atoms with Gasteiger partial charge in [0.1, 0.15) is 5.75 Å². The summed E-state index contributed by atoms with van der Waals surface area (Å²) in [7, 11) is -6.06. The van der Waals surface area contributed by atoms with Crippen LogP contribution in [-0.2, 0) is 19.9 Å². The highest BCUT2D eigenvalue weighted by atomic mass is 32.2. The lowest BCUT2D eigenvalue weighted by Crippen LogP contribution is -2.29. The van der Waals surface area contributed by atoms with E-state index < -0.39 is 38.0 Å². The predicted octanol–water partition coefficient (Wildman–Crippen LogP) is 3.37. The molecule has 0 spiro atoms. The third kappa shape index (κ3) is 5.24. The summed E-state index contributed by atoms with van der Waals surface area (Å²) in [5, 5.41) is 0. The van der Waals surface area contributed by atoms with Gasteiger partial charge in [-0.1, -0.05) is 12.1 Å². The minimum Gasteiger partial charge on any atom is -0.406 e. The highest BCUT2D eigenvalue weighted by Crippen LogP contribution is 2.29. The van der Waals surface area contributed by atoms with Gasteiger partial charge in [-0.25, -0.2) is 16.8 Å². The second kappa shape index (κ2) is 7.72. The van der Waals surface area contributed by atoms with Gasteiger partial charge in [-0.2, -0.15) is 4.31 Å². The standard InChI is InChI=1S/C17H18F3NO5S2/c1-12(13-4-8-15(9-5-13)27(3,22)23)21(2)28(24,25)16-10-6-14(7-11-16)26-17(18,19)20/h4-12H,1-3H3/t12-/m1/s1. The van der Waals surface area contributed by atoms with Gasteiger partial charge in [0.05, 0.1) is 9.79 Å². The molecule has 6 nitrogen and oxygen atoms in total. The Labute approximate surface area is 161 Å². The van der Waals surface area contributed by atoms with Crippen LogP contribution in [0.1, 0.15) is 18.5 Å². The van der Waals surface area contributed by atoms with Gasteiger partial charge in [-0.3, -0.25) is 0 Å². The first-order valence-corrected chi connectivity index (χ1v) is 11.2. The largest absolute Gasteiger partial charge is 0.573 e. The number of alkyl halides is 3. The second-order valence-corrected chi connectivity index (χ2v) is 10.1. The Morgan fingerprint density at radius 1 is 0.893 bits per heavy atom. The maximum absolute atomic E-state index is 12.7. The molecular formula is C17H18F3NO5S2. The Hall–Kier alpha value is -2.11. The highest BCUT2D eigenvalue weighted by molar-refractivity contribution is 7.90. The fourth-order valence-electron chi connectivity index (χ4n) is 2.39. The van der Waals surface area contributed by atoms with Crippen molar-refractivity contribution < 1.29 is 34.7 Å². The predicted molar refractivity (Wildman–Crippen MR) is 96.0 cm³/mol. The molecular weight excluding hydrogens is 419 g/mol. The number of sulfonamides is 1. The quantitative estimate of drug-likeness (QED) is 0.692. The molecule has 1 atom stereocenters. The number of nitrogens with zero attached hydrogens (tertiary/aromatic N) is 1. The van der Waals surface area contributed by atoms with Crippen LogP contribution in [0.2, 0.25) is 0 Å². The molecule has 0 aromatic heterocycles. The number of rotatable bonds is 6. The van der Waals surface area contributed by atoms with E-state index >= 15 is 0 Å². The minimum absolute atomic E-state index is 0.106. The van der Waals surface area contributed by atoms with E-state index in [2.05, 4.69) is 4.74 Å². The zero-order chi connectivity index (χ0) is 21.3. The van der Waals surface area contributed by atoms with Crippen molar-refractivity contribution in [2.24, 2.45) is 0 Å². The Balaban J connectivity index is 2.25. The molecule has 0 aliphatic heterocycles. The molecule has 2 aromatic rings. The van der Waals surface area contributed by atoms with Gasteiger partial charge in [0.25, 0.3) is 0 Å². The van der Waals surface area contributed by atoms with Gasteiger partial charge in [0.15, 0.2) is 9.84 Å². The first-order chi connectivity index (χ1) is 12.7. The molecule has 0 radical (unpaired) electrons. The number of hydrogen-bond acceptors (Lipinski definition) is 5. The van der Waals surface area contributed by atoms with Gasteiger partial charge in [0, 0.05) is 19.3 Å². The Morgan fingerprint density at radius 3 is 1.79 bits per heavy atom. The van der Waals surface area contributed by atoms with Gasteiger partial charge in [-0.05, 0) is 48.9 Å². The van der Waals surface area contributed by atoms with Crippen molar-refractivity contribution >= 4 is 19.9 Å². The van der Waals surface area contributed by atoms with Crippen LogP contribution in [-0.4, -0.2) is 40.8 Å². The third-order valence-electron chi connectivity index (χ3n) is 4.07. The number of hydrogen-bond donors (Lipinski definition) is 0. The van der Waals surface area contributed by atoms with E-state index in [1.807, 2.05) is 0 Å². The van der Waals surface area contributed by atoms with E-state index in [0.717, 1.165) is 34.8 Å². The van der Waals surface area contributed by atoms with Crippen molar-refractivity contribution in [3.05, 3.63) is 54.1 Å². The van der Waals surface area contributed by atoms with Crippen LogP contribution in [0.3, 0.4) is 0 Å². The molecule has 154 valence electrons. The van der Waals surface area contributed by atoms with Crippen molar-refractivity contribution in [3.8, 4) is 5.75 Å². The molecule has 0 aliphatic carbocycles. The maximum atomic E-state index is 12.7. The molecule has 0 bridgehead atoms. The van der Waals surface area contributed by atoms with Crippen LogP contribution in [0.4, 0.5) is 13.2 Å². The molecule has 0 amide bonds. The lowest BCUT2D eigenvalue weighted by molar-refractivity contribution is -0.274. The average Bonchev–Trinajstić information content (AvgIpc) is 2.59. The fraction of sp³-hybridized carbons (Fsp3) is 0.294. The molecule has 0 fully saturated rings. The number of halogens is 3. The second-order valence-electron chi connectivity index (χ2n) is 6.06.